The van der Waals surface area contributed by atoms with Crippen molar-refractivity contribution in [2.75, 3.05) is 0 Å². The molecule has 5 heteroatoms. The van der Waals surface area contributed by atoms with E-state index in [4.69, 9.17) is 4.42 Å². The second kappa shape index (κ2) is 8.39. The van der Waals surface area contributed by atoms with E-state index < -0.39 is 0 Å². The zero-order valence-corrected chi connectivity index (χ0v) is 15.4. The van der Waals surface area contributed by atoms with E-state index in [0.29, 0.717) is 18.7 Å². The van der Waals surface area contributed by atoms with Crippen molar-refractivity contribution >= 4 is 5.91 Å². The highest BCUT2D eigenvalue weighted by Gasteiger charge is 2.18. The molecule has 0 aliphatic rings. The molecule has 2 heterocycles. The van der Waals surface area contributed by atoms with Crippen LogP contribution in [0.3, 0.4) is 0 Å². The van der Waals surface area contributed by atoms with E-state index >= 15 is 0 Å². The number of carbonyl (C=O) groups excluding carboxylic acids is 1. The van der Waals surface area contributed by atoms with Gasteiger partial charge in [-0.05, 0) is 35.4 Å². The molecule has 0 radical (unpaired) electrons. The molecule has 28 heavy (non-hydrogen) atoms. The lowest BCUT2D eigenvalue weighted by Gasteiger charge is -2.22. The van der Waals surface area contributed by atoms with Crippen LogP contribution in [0.15, 0.2) is 96.1 Å². The Morgan fingerprint density at radius 3 is 2.43 bits per heavy atom. The number of imidazole rings is 1. The number of hydrogen-bond acceptors (Lipinski definition) is 3. The van der Waals surface area contributed by atoms with Gasteiger partial charge in [-0.2, -0.15) is 0 Å². The topological polar surface area (TPSA) is 51.3 Å². The zero-order chi connectivity index (χ0) is 19.2. The second-order valence-corrected chi connectivity index (χ2v) is 6.66. The summed E-state index contributed by atoms with van der Waals surface area (Å²) in [6.07, 6.45) is 7.09. The average Bonchev–Trinajstić information content (AvgIpc) is 3.43. The van der Waals surface area contributed by atoms with Crippen LogP contribution in [-0.4, -0.2) is 20.4 Å². The SMILES string of the molecule is O=C(c1ccc(Cn2ccnc2)cc1)N(Cc1ccccc1)Cc1ccco1. The van der Waals surface area contributed by atoms with Gasteiger partial charge >= 0.3 is 0 Å². The number of carbonyl (C=O) groups is 1. The van der Waals surface area contributed by atoms with Gasteiger partial charge in [-0.15, -0.1) is 0 Å². The molecule has 0 aliphatic carbocycles. The fourth-order valence-electron chi connectivity index (χ4n) is 3.12. The molecular formula is C23H21N3O2. The molecule has 0 N–H and O–H groups in total. The first-order chi connectivity index (χ1) is 13.8. The maximum atomic E-state index is 13.2. The Labute approximate surface area is 163 Å². The largest absolute Gasteiger partial charge is 0.467 e. The van der Waals surface area contributed by atoms with Crippen molar-refractivity contribution in [3.63, 3.8) is 0 Å². The van der Waals surface area contributed by atoms with Gasteiger partial charge < -0.3 is 13.9 Å². The van der Waals surface area contributed by atoms with E-state index in [9.17, 15) is 4.79 Å². The van der Waals surface area contributed by atoms with Crippen molar-refractivity contribution in [2.45, 2.75) is 19.6 Å². The summed E-state index contributed by atoms with van der Waals surface area (Å²) in [6, 6.07) is 21.5. The van der Waals surface area contributed by atoms with Gasteiger partial charge in [0.15, 0.2) is 0 Å². The van der Waals surface area contributed by atoms with Gasteiger partial charge in [0.25, 0.3) is 5.91 Å². The van der Waals surface area contributed by atoms with Gasteiger partial charge in [0.1, 0.15) is 5.76 Å². The van der Waals surface area contributed by atoms with Crippen molar-refractivity contribution in [3.05, 3.63) is 114 Å². The summed E-state index contributed by atoms with van der Waals surface area (Å²) in [5, 5.41) is 0. The normalized spacial score (nSPS) is 10.7. The van der Waals surface area contributed by atoms with Crippen LogP contribution in [0.1, 0.15) is 27.2 Å². The van der Waals surface area contributed by atoms with E-state index in [-0.39, 0.29) is 5.91 Å². The van der Waals surface area contributed by atoms with Crippen molar-refractivity contribution < 1.29 is 9.21 Å². The molecule has 4 rings (SSSR count). The van der Waals surface area contributed by atoms with E-state index in [2.05, 4.69) is 4.98 Å². The lowest BCUT2D eigenvalue weighted by atomic mass is 10.1. The van der Waals surface area contributed by atoms with Crippen molar-refractivity contribution in [3.8, 4) is 0 Å². The predicted octanol–water partition coefficient (Wildman–Crippen LogP) is 4.37. The van der Waals surface area contributed by atoms with E-state index in [1.807, 2.05) is 77.5 Å². The molecule has 5 nitrogen and oxygen atoms in total. The maximum Gasteiger partial charge on any atom is 0.254 e. The lowest BCUT2D eigenvalue weighted by Crippen LogP contribution is -2.30. The van der Waals surface area contributed by atoms with Crippen LogP contribution in [0.2, 0.25) is 0 Å². The van der Waals surface area contributed by atoms with Crippen LogP contribution >= 0.6 is 0 Å². The lowest BCUT2D eigenvalue weighted by molar-refractivity contribution is 0.0717. The monoisotopic (exact) mass is 371 g/mol. The minimum Gasteiger partial charge on any atom is -0.467 e. The molecule has 2 aromatic carbocycles. The van der Waals surface area contributed by atoms with E-state index in [0.717, 1.165) is 23.4 Å². The van der Waals surface area contributed by atoms with Gasteiger partial charge in [0.05, 0.1) is 19.1 Å². The Morgan fingerprint density at radius 2 is 1.75 bits per heavy atom. The van der Waals surface area contributed by atoms with E-state index in [1.165, 1.54) is 0 Å². The average molecular weight is 371 g/mol. The Kier molecular flexibility index (Phi) is 5.33. The molecule has 0 bridgehead atoms. The molecule has 0 unspecified atom stereocenters. The molecule has 0 atom stereocenters. The van der Waals surface area contributed by atoms with Gasteiger partial charge in [-0.25, -0.2) is 4.98 Å². The summed E-state index contributed by atoms with van der Waals surface area (Å²) >= 11 is 0. The Hall–Kier alpha value is -3.60. The highest BCUT2D eigenvalue weighted by Crippen LogP contribution is 2.16. The van der Waals surface area contributed by atoms with Crippen LogP contribution in [-0.2, 0) is 19.6 Å². The number of aromatic nitrogens is 2. The first kappa shape index (κ1) is 17.8. The molecular weight excluding hydrogens is 350 g/mol. The van der Waals surface area contributed by atoms with Gasteiger partial charge in [0, 0.05) is 31.0 Å². The summed E-state index contributed by atoms with van der Waals surface area (Å²) in [7, 11) is 0. The number of rotatable bonds is 7. The Morgan fingerprint density at radius 1 is 0.929 bits per heavy atom. The van der Waals surface area contributed by atoms with Crippen molar-refractivity contribution in [2.24, 2.45) is 0 Å². The quantitative estimate of drug-likeness (QED) is 0.485. The molecule has 0 aliphatic heterocycles. The van der Waals surface area contributed by atoms with Crippen LogP contribution in [0.5, 0.6) is 0 Å². The summed E-state index contributed by atoms with van der Waals surface area (Å²) < 4.78 is 7.46. The highest BCUT2D eigenvalue weighted by atomic mass is 16.3. The number of nitrogens with zero attached hydrogens (tertiary/aromatic N) is 3. The third-order valence-corrected chi connectivity index (χ3v) is 4.56. The van der Waals surface area contributed by atoms with Gasteiger partial charge in [0.2, 0.25) is 0 Å². The molecule has 2 aromatic heterocycles. The first-order valence-corrected chi connectivity index (χ1v) is 9.18. The third-order valence-electron chi connectivity index (χ3n) is 4.56. The van der Waals surface area contributed by atoms with Gasteiger partial charge in [-0.3, -0.25) is 4.79 Å². The summed E-state index contributed by atoms with van der Waals surface area (Å²) in [5.41, 5.74) is 2.87. The van der Waals surface area contributed by atoms with Gasteiger partial charge in [-0.1, -0.05) is 42.5 Å². The Bertz CT molecular complexity index is 992. The van der Waals surface area contributed by atoms with Crippen molar-refractivity contribution in [1.29, 1.82) is 0 Å². The third kappa shape index (κ3) is 4.38. The van der Waals surface area contributed by atoms with E-state index in [1.54, 1.807) is 23.7 Å². The van der Waals surface area contributed by atoms with Crippen LogP contribution in [0.25, 0.3) is 0 Å². The highest BCUT2D eigenvalue weighted by molar-refractivity contribution is 5.94. The van der Waals surface area contributed by atoms with Crippen LogP contribution in [0.4, 0.5) is 0 Å². The van der Waals surface area contributed by atoms with Crippen LogP contribution < -0.4 is 0 Å². The Balaban J connectivity index is 1.52. The fourth-order valence-corrected chi connectivity index (χ4v) is 3.12. The molecule has 0 saturated heterocycles. The minimum atomic E-state index is -0.0190. The number of amides is 1. The second-order valence-electron chi connectivity index (χ2n) is 6.66. The molecule has 0 spiro atoms. The smallest absolute Gasteiger partial charge is 0.254 e. The standard InChI is InChI=1S/C23H21N3O2/c27-23(21-10-8-20(9-11-21)15-25-13-12-24-18-25)26(17-22-7-4-14-28-22)16-19-5-2-1-3-6-19/h1-14,18H,15-17H2. The molecule has 0 saturated carbocycles. The first-order valence-electron chi connectivity index (χ1n) is 9.18. The summed E-state index contributed by atoms with van der Waals surface area (Å²) in [6.45, 7) is 1.68. The molecule has 0 fully saturated rings. The fraction of sp³-hybridized carbons (Fsp3) is 0.130. The number of hydrogen-bond donors (Lipinski definition) is 0. The zero-order valence-electron chi connectivity index (χ0n) is 15.4. The molecule has 140 valence electrons. The molecule has 4 aromatic rings. The molecule has 1 amide bonds. The minimum absolute atomic E-state index is 0.0190. The number of benzene rings is 2. The summed E-state index contributed by atoms with van der Waals surface area (Å²) in [5.74, 6) is 0.746. The maximum absolute atomic E-state index is 13.2. The predicted molar refractivity (Wildman–Crippen MR) is 106 cm³/mol. The van der Waals surface area contributed by atoms with Crippen LogP contribution in [0, 0.1) is 0 Å². The van der Waals surface area contributed by atoms with Crippen molar-refractivity contribution in [1.82, 2.24) is 14.5 Å². The summed E-state index contributed by atoms with van der Waals surface area (Å²) in [4.78, 5) is 19.0. The number of furan rings is 1.